The third-order valence-electron chi connectivity index (χ3n) is 2.85. The minimum absolute atomic E-state index is 0.102. The number of nitrogens with one attached hydrogen (secondary N) is 1. The van der Waals surface area contributed by atoms with Gasteiger partial charge in [0.25, 0.3) is 11.6 Å². The number of aryl methyl sites for hydroxylation is 1. The number of nitro groups is 1. The highest BCUT2D eigenvalue weighted by Crippen LogP contribution is 2.24. The van der Waals surface area contributed by atoms with Crippen molar-refractivity contribution in [3.8, 4) is 0 Å². The first-order chi connectivity index (χ1) is 10.1. The fourth-order valence-electron chi connectivity index (χ4n) is 1.80. The van der Waals surface area contributed by atoms with Crippen molar-refractivity contribution in [3.05, 3.63) is 46.3 Å². The summed E-state index contributed by atoms with van der Waals surface area (Å²) in [4.78, 5) is 22.1. The second-order valence-electron chi connectivity index (χ2n) is 4.27. The molecule has 2 aromatic rings. The Morgan fingerprint density at radius 1 is 1.48 bits per heavy atom. The molecule has 0 saturated carbocycles. The Morgan fingerprint density at radius 3 is 2.95 bits per heavy atom. The molecule has 1 aromatic carbocycles. The first kappa shape index (κ1) is 14.4. The predicted octanol–water partition coefficient (Wildman–Crippen LogP) is 0.589. The number of nitro benzene ring substituents is 1. The minimum Gasteiger partial charge on any atom is -0.393 e. The molecule has 0 bridgehead atoms. The number of nitrogen functional groups attached to an aromatic ring is 1. The van der Waals surface area contributed by atoms with Crippen LogP contribution in [0.4, 0.5) is 11.4 Å². The monoisotopic (exact) mass is 290 g/mol. The van der Waals surface area contributed by atoms with E-state index >= 15 is 0 Å². The van der Waals surface area contributed by atoms with Crippen molar-refractivity contribution < 1.29 is 9.72 Å². The lowest BCUT2D eigenvalue weighted by molar-refractivity contribution is -0.383. The van der Waals surface area contributed by atoms with E-state index in [9.17, 15) is 14.9 Å². The Bertz CT molecular complexity index is 640. The van der Waals surface area contributed by atoms with Gasteiger partial charge in [-0.2, -0.15) is 0 Å². The lowest BCUT2D eigenvalue weighted by atomic mass is 10.1. The van der Waals surface area contributed by atoms with Crippen molar-refractivity contribution in [1.29, 1.82) is 0 Å². The van der Waals surface area contributed by atoms with Crippen molar-refractivity contribution in [3.63, 3.8) is 0 Å². The van der Waals surface area contributed by atoms with E-state index in [1.807, 2.05) is 0 Å². The fraction of sp³-hybridized carbons (Fsp3) is 0.250. The molecule has 0 fully saturated rings. The number of carbonyl (C=O) groups is 1. The van der Waals surface area contributed by atoms with Crippen molar-refractivity contribution in [2.45, 2.75) is 13.0 Å². The number of nitrogens with zero attached hydrogens (tertiary/aromatic N) is 4. The van der Waals surface area contributed by atoms with Crippen LogP contribution < -0.4 is 11.1 Å². The minimum atomic E-state index is -0.614. The van der Waals surface area contributed by atoms with Gasteiger partial charge in [-0.15, -0.1) is 5.10 Å². The Balaban J connectivity index is 1.91. The van der Waals surface area contributed by atoms with Crippen molar-refractivity contribution >= 4 is 17.3 Å². The summed E-state index contributed by atoms with van der Waals surface area (Å²) in [6, 6.07) is 4.14. The van der Waals surface area contributed by atoms with Crippen molar-refractivity contribution in [2.75, 3.05) is 12.3 Å². The van der Waals surface area contributed by atoms with Crippen LogP contribution in [0.2, 0.25) is 0 Å². The molecule has 21 heavy (non-hydrogen) atoms. The standard InChI is InChI=1S/C12H14N6O3/c13-11-9(3-1-4-10(11)18(20)21)12(19)14-5-2-7-17-8-6-15-16-17/h1,3-4,6,8H,2,5,7,13H2,(H,14,19). The van der Waals surface area contributed by atoms with Crippen LogP contribution in [0.1, 0.15) is 16.8 Å². The molecule has 1 amide bonds. The molecule has 110 valence electrons. The van der Waals surface area contributed by atoms with Crippen molar-refractivity contribution in [1.82, 2.24) is 20.3 Å². The van der Waals surface area contributed by atoms with E-state index in [1.54, 1.807) is 17.1 Å². The van der Waals surface area contributed by atoms with Gasteiger partial charge in [-0.25, -0.2) is 0 Å². The summed E-state index contributed by atoms with van der Waals surface area (Å²) >= 11 is 0. The van der Waals surface area contributed by atoms with Crippen molar-refractivity contribution in [2.24, 2.45) is 0 Å². The van der Waals surface area contributed by atoms with E-state index in [0.717, 1.165) is 0 Å². The highest BCUT2D eigenvalue weighted by molar-refractivity contribution is 6.00. The summed E-state index contributed by atoms with van der Waals surface area (Å²) in [5, 5.41) is 20.9. The maximum Gasteiger partial charge on any atom is 0.292 e. The molecule has 0 saturated heterocycles. The number of hydrogen-bond donors (Lipinski definition) is 2. The van der Waals surface area contributed by atoms with E-state index in [0.29, 0.717) is 19.5 Å². The average Bonchev–Trinajstić information content (AvgIpc) is 2.96. The van der Waals surface area contributed by atoms with E-state index < -0.39 is 10.8 Å². The third kappa shape index (κ3) is 3.53. The lowest BCUT2D eigenvalue weighted by Gasteiger charge is -2.07. The fourth-order valence-corrected chi connectivity index (χ4v) is 1.80. The molecular formula is C12H14N6O3. The highest BCUT2D eigenvalue weighted by Gasteiger charge is 2.18. The summed E-state index contributed by atoms with van der Waals surface area (Å²) in [6.45, 7) is 1.02. The number of anilines is 1. The summed E-state index contributed by atoms with van der Waals surface area (Å²) in [5.41, 5.74) is 5.34. The molecule has 0 aliphatic heterocycles. The number of hydrogen-bond acceptors (Lipinski definition) is 6. The lowest BCUT2D eigenvalue weighted by Crippen LogP contribution is -2.26. The maximum atomic E-state index is 12.0. The number of rotatable bonds is 6. The van der Waals surface area contributed by atoms with E-state index in [2.05, 4.69) is 15.6 Å². The Hall–Kier alpha value is -2.97. The molecule has 0 unspecified atom stereocenters. The maximum absolute atomic E-state index is 12.0. The largest absolute Gasteiger partial charge is 0.393 e. The zero-order valence-corrected chi connectivity index (χ0v) is 11.1. The van der Waals surface area contributed by atoms with Gasteiger partial charge >= 0.3 is 0 Å². The number of amides is 1. The predicted molar refractivity (Wildman–Crippen MR) is 74.5 cm³/mol. The zero-order chi connectivity index (χ0) is 15.2. The molecule has 0 radical (unpaired) electrons. The van der Waals surface area contributed by atoms with Gasteiger partial charge in [-0.3, -0.25) is 19.6 Å². The van der Waals surface area contributed by atoms with Crippen LogP contribution in [-0.4, -0.2) is 32.4 Å². The van der Waals surface area contributed by atoms with E-state index in [1.165, 1.54) is 18.2 Å². The summed E-state index contributed by atoms with van der Waals surface area (Å²) in [7, 11) is 0. The Morgan fingerprint density at radius 2 is 2.29 bits per heavy atom. The summed E-state index contributed by atoms with van der Waals surface area (Å²) in [5.74, 6) is -0.435. The van der Waals surface area contributed by atoms with Gasteiger partial charge in [0, 0.05) is 25.4 Å². The second kappa shape index (κ2) is 6.46. The van der Waals surface area contributed by atoms with Crippen LogP contribution in [-0.2, 0) is 6.54 Å². The quantitative estimate of drug-likeness (QED) is 0.346. The highest BCUT2D eigenvalue weighted by atomic mass is 16.6. The van der Waals surface area contributed by atoms with Crippen LogP contribution in [0, 0.1) is 10.1 Å². The first-order valence-corrected chi connectivity index (χ1v) is 6.25. The van der Waals surface area contributed by atoms with Crippen LogP contribution >= 0.6 is 0 Å². The summed E-state index contributed by atoms with van der Waals surface area (Å²) < 4.78 is 1.65. The van der Waals surface area contributed by atoms with Gasteiger partial charge in [-0.1, -0.05) is 11.3 Å². The van der Waals surface area contributed by atoms with Gasteiger partial charge in [0.1, 0.15) is 5.69 Å². The van der Waals surface area contributed by atoms with E-state index in [-0.39, 0.29) is 16.9 Å². The van der Waals surface area contributed by atoms with Gasteiger partial charge < -0.3 is 11.1 Å². The van der Waals surface area contributed by atoms with Crippen LogP contribution in [0.3, 0.4) is 0 Å². The molecule has 3 N–H and O–H groups in total. The molecule has 1 aromatic heterocycles. The topological polar surface area (TPSA) is 129 Å². The third-order valence-corrected chi connectivity index (χ3v) is 2.85. The smallest absolute Gasteiger partial charge is 0.292 e. The molecule has 0 aliphatic rings. The molecule has 0 aliphatic carbocycles. The molecule has 9 nitrogen and oxygen atoms in total. The molecular weight excluding hydrogens is 276 g/mol. The summed E-state index contributed by atoms with van der Waals surface area (Å²) in [6.07, 6.45) is 3.95. The zero-order valence-electron chi connectivity index (χ0n) is 11.1. The van der Waals surface area contributed by atoms with Crippen LogP contribution in [0.25, 0.3) is 0 Å². The first-order valence-electron chi connectivity index (χ1n) is 6.25. The SMILES string of the molecule is Nc1c(C(=O)NCCCn2ccnn2)cccc1[N+](=O)[O-]. The van der Waals surface area contributed by atoms with Gasteiger partial charge in [0.05, 0.1) is 16.7 Å². The second-order valence-corrected chi connectivity index (χ2v) is 4.27. The number of para-hydroxylation sites is 1. The number of carbonyl (C=O) groups excluding carboxylic acids is 1. The van der Waals surface area contributed by atoms with Gasteiger partial charge in [-0.05, 0) is 12.5 Å². The Labute approximate surface area is 119 Å². The van der Waals surface area contributed by atoms with Gasteiger partial charge in [0.2, 0.25) is 0 Å². The van der Waals surface area contributed by atoms with Gasteiger partial charge in [0.15, 0.2) is 0 Å². The van der Waals surface area contributed by atoms with Crippen LogP contribution in [0.15, 0.2) is 30.6 Å². The molecule has 1 heterocycles. The molecule has 2 rings (SSSR count). The average molecular weight is 290 g/mol. The number of nitrogens with two attached hydrogens (primary N) is 1. The molecule has 0 spiro atoms. The normalized spacial score (nSPS) is 10.3. The molecule has 9 heteroatoms. The molecule has 0 atom stereocenters. The van der Waals surface area contributed by atoms with Crippen LogP contribution in [0.5, 0.6) is 0 Å². The number of aromatic nitrogens is 3. The van der Waals surface area contributed by atoms with E-state index in [4.69, 9.17) is 5.73 Å². The Kier molecular flexibility index (Phi) is 4.44. The number of benzene rings is 1.